The van der Waals surface area contributed by atoms with E-state index >= 15 is 0 Å². The number of anilines is 1. The second-order valence-corrected chi connectivity index (χ2v) is 2.64. The van der Waals surface area contributed by atoms with E-state index in [1.807, 2.05) is 6.92 Å². The molecule has 0 radical (unpaired) electrons. The van der Waals surface area contributed by atoms with Gasteiger partial charge in [0.25, 0.3) is 5.91 Å². The fourth-order valence-electron chi connectivity index (χ4n) is 0.996. The van der Waals surface area contributed by atoms with Crippen molar-refractivity contribution in [3.63, 3.8) is 0 Å². The van der Waals surface area contributed by atoms with Gasteiger partial charge in [0.1, 0.15) is 5.75 Å². The van der Waals surface area contributed by atoms with Gasteiger partial charge >= 0.3 is 0 Å². The number of hydrogen-bond acceptors (Lipinski definition) is 3. The third-order valence-corrected chi connectivity index (χ3v) is 1.60. The lowest BCUT2D eigenvalue weighted by Gasteiger charge is -2.04. The molecule has 0 saturated heterocycles. The van der Waals surface area contributed by atoms with Crippen molar-refractivity contribution in [3.05, 3.63) is 23.8 Å². The maximum atomic E-state index is 11.3. The van der Waals surface area contributed by atoms with E-state index < -0.39 is 0 Å². The molecule has 0 bridgehead atoms. The van der Waals surface area contributed by atoms with Crippen LogP contribution in [0, 0.1) is 0 Å². The molecule has 4 N–H and O–H groups in total. The van der Waals surface area contributed by atoms with Crippen molar-refractivity contribution in [2.24, 2.45) is 0 Å². The second-order valence-electron chi connectivity index (χ2n) is 2.64. The Labute approximate surface area is 76.4 Å². The predicted molar refractivity (Wildman–Crippen MR) is 50.5 cm³/mol. The summed E-state index contributed by atoms with van der Waals surface area (Å²) in [5.41, 5.74) is 6.09. The minimum absolute atomic E-state index is 0.0917. The lowest BCUT2D eigenvalue weighted by atomic mass is 10.1. The summed E-state index contributed by atoms with van der Waals surface area (Å²) in [5.74, 6) is -0.383. The maximum Gasteiger partial charge on any atom is 0.255 e. The summed E-state index contributed by atoms with van der Waals surface area (Å²) in [6.45, 7) is 2.34. The topological polar surface area (TPSA) is 75.4 Å². The summed E-state index contributed by atoms with van der Waals surface area (Å²) in [5, 5.41) is 11.9. The van der Waals surface area contributed by atoms with Crippen LogP contribution in [0.1, 0.15) is 17.3 Å². The number of benzene rings is 1. The van der Waals surface area contributed by atoms with E-state index in [-0.39, 0.29) is 17.2 Å². The van der Waals surface area contributed by atoms with Crippen molar-refractivity contribution < 1.29 is 9.90 Å². The Morgan fingerprint density at radius 1 is 1.62 bits per heavy atom. The molecule has 4 heteroatoms. The van der Waals surface area contributed by atoms with Gasteiger partial charge in [0.15, 0.2) is 0 Å². The van der Waals surface area contributed by atoms with Crippen LogP contribution in [-0.4, -0.2) is 17.6 Å². The van der Waals surface area contributed by atoms with Gasteiger partial charge in [-0.15, -0.1) is 0 Å². The molecule has 0 heterocycles. The summed E-state index contributed by atoms with van der Waals surface area (Å²) in [6, 6.07) is 4.42. The van der Waals surface area contributed by atoms with Crippen molar-refractivity contribution >= 4 is 11.6 Å². The van der Waals surface area contributed by atoms with Crippen LogP contribution in [0.25, 0.3) is 0 Å². The number of nitrogens with two attached hydrogens (primary N) is 1. The van der Waals surface area contributed by atoms with Crippen molar-refractivity contribution in [2.45, 2.75) is 6.92 Å². The van der Waals surface area contributed by atoms with Gasteiger partial charge in [0.05, 0.1) is 5.56 Å². The Bertz CT molecular complexity index is 323. The van der Waals surface area contributed by atoms with Crippen molar-refractivity contribution in [3.8, 4) is 5.75 Å². The number of aromatic hydroxyl groups is 1. The number of phenolic OH excluding ortho intramolecular Hbond substituents is 1. The standard InChI is InChI=1S/C9H12N2O2/c1-2-11-9(13)7-4-3-6(10)5-8(7)12/h3-5,12H,2,10H2,1H3,(H,11,13). The van der Waals surface area contributed by atoms with E-state index in [4.69, 9.17) is 5.73 Å². The molecule has 0 aromatic heterocycles. The molecule has 0 aliphatic rings. The Hall–Kier alpha value is -1.71. The molecule has 1 aromatic carbocycles. The lowest BCUT2D eigenvalue weighted by molar-refractivity contribution is 0.0953. The first-order chi connectivity index (χ1) is 6.15. The van der Waals surface area contributed by atoms with Gasteiger partial charge in [0, 0.05) is 18.3 Å². The van der Waals surface area contributed by atoms with Crippen molar-refractivity contribution in [1.29, 1.82) is 0 Å². The molecular weight excluding hydrogens is 168 g/mol. The summed E-state index contributed by atoms with van der Waals surface area (Å²) >= 11 is 0. The first-order valence-electron chi connectivity index (χ1n) is 4.02. The molecule has 0 saturated carbocycles. The van der Waals surface area contributed by atoms with E-state index in [0.29, 0.717) is 12.2 Å². The number of phenols is 1. The van der Waals surface area contributed by atoms with Crippen molar-refractivity contribution in [1.82, 2.24) is 5.32 Å². The summed E-state index contributed by atoms with van der Waals surface area (Å²) in [6.07, 6.45) is 0. The van der Waals surface area contributed by atoms with E-state index in [1.165, 1.54) is 12.1 Å². The summed E-state index contributed by atoms with van der Waals surface area (Å²) < 4.78 is 0. The third kappa shape index (κ3) is 2.11. The first kappa shape index (κ1) is 9.38. The molecule has 70 valence electrons. The van der Waals surface area contributed by atoms with Crippen molar-refractivity contribution in [2.75, 3.05) is 12.3 Å². The number of carbonyl (C=O) groups is 1. The highest BCUT2D eigenvalue weighted by atomic mass is 16.3. The fraction of sp³-hybridized carbons (Fsp3) is 0.222. The minimum atomic E-state index is -0.292. The van der Waals surface area contributed by atoms with Gasteiger partial charge in [-0.2, -0.15) is 0 Å². The number of amides is 1. The number of carbonyl (C=O) groups excluding carboxylic acids is 1. The second kappa shape index (κ2) is 3.80. The average Bonchev–Trinajstić information content (AvgIpc) is 2.04. The number of nitrogens with one attached hydrogen (secondary N) is 1. The Kier molecular flexibility index (Phi) is 2.74. The molecule has 0 spiro atoms. The van der Waals surface area contributed by atoms with Gasteiger partial charge < -0.3 is 16.2 Å². The Morgan fingerprint density at radius 2 is 2.31 bits per heavy atom. The maximum absolute atomic E-state index is 11.3. The average molecular weight is 180 g/mol. The van der Waals surface area contributed by atoms with Crippen LogP contribution in [-0.2, 0) is 0 Å². The first-order valence-corrected chi connectivity index (χ1v) is 4.02. The van der Waals surface area contributed by atoms with Crippen LogP contribution in [0.5, 0.6) is 5.75 Å². The SMILES string of the molecule is CCNC(=O)c1ccc(N)cc1O. The van der Waals surface area contributed by atoms with Gasteiger partial charge in [-0.25, -0.2) is 0 Å². The molecule has 1 rings (SSSR count). The molecule has 1 aromatic rings. The molecule has 4 nitrogen and oxygen atoms in total. The summed E-state index contributed by atoms with van der Waals surface area (Å²) in [7, 11) is 0. The zero-order chi connectivity index (χ0) is 9.84. The quantitative estimate of drug-likeness (QED) is 0.587. The number of nitrogen functional groups attached to an aromatic ring is 1. The highest BCUT2D eigenvalue weighted by Crippen LogP contribution is 2.19. The summed E-state index contributed by atoms with van der Waals surface area (Å²) in [4.78, 5) is 11.3. The van der Waals surface area contributed by atoms with Gasteiger partial charge in [-0.1, -0.05) is 0 Å². The van der Waals surface area contributed by atoms with E-state index in [9.17, 15) is 9.90 Å². The lowest BCUT2D eigenvalue weighted by Crippen LogP contribution is -2.22. The van der Waals surface area contributed by atoms with Crippen LogP contribution in [0.15, 0.2) is 18.2 Å². The minimum Gasteiger partial charge on any atom is -0.507 e. The Morgan fingerprint density at radius 3 is 2.85 bits per heavy atom. The van der Waals surface area contributed by atoms with E-state index in [2.05, 4.69) is 5.32 Å². The predicted octanol–water partition coefficient (Wildman–Crippen LogP) is 0.724. The largest absolute Gasteiger partial charge is 0.507 e. The monoisotopic (exact) mass is 180 g/mol. The van der Waals surface area contributed by atoms with Crippen LogP contribution in [0.2, 0.25) is 0 Å². The molecule has 0 unspecified atom stereocenters. The van der Waals surface area contributed by atoms with Crippen LogP contribution in [0.4, 0.5) is 5.69 Å². The molecule has 0 atom stereocenters. The van der Waals surface area contributed by atoms with Gasteiger partial charge in [-0.05, 0) is 19.1 Å². The molecule has 0 fully saturated rings. The highest BCUT2D eigenvalue weighted by molar-refractivity contribution is 5.97. The molecular formula is C9H12N2O2. The van der Waals surface area contributed by atoms with Crippen LogP contribution < -0.4 is 11.1 Å². The zero-order valence-electron chi connectivity index (χ0n) is 7.37. The normalized spacial score (nSPS) is 9.62. The van der Waals surface area contributed by atoms with Crippen LogP contribution >= 0.6 is 0 Å². The molecule has 0 aliphatic carbocycles. The van der Waals surface area contributed by atoms with Gasteiger partial charge in [-0.3, -0.25) is 4.79 Å². The molecule has 13 heavy (non-hydrogen) atoms. The number of rotatable bonds is 2. The zero-order valence-corrected chi connectivity index (χ0v) is 7.37. The smallest absolute Gasteiger partial charge is 0.255 e. The fourth-order valence-corrected chi connectivity index (χ4v) is 0.996. The molecule has 1 amide bonds. The van der Waals surface area contributed by atoms with Gasteiger partial charge in [0.2, 0.25) is 0 Å². The Balaban J connectivity index is 2.95. The van der Waals surface area contributed by atoms with E-state index in [1.54, 1.807) is 6.07 Å². The van der Waals surface area contributed by atoms with Crippen LogP contribution in [0.3, 0.4) is 0 Å². The molecule has 0 aliphatic heterocycles. The third-order valence-electron chi connectivity index (χ3n) is 1.60. The van der Waals surface area contributed by atoms with E-state index in [0.717, 1.165) is 0 Å². The highest BCUT2D eigenvalue weighted by Gasteiger charge is 2.09. The number of hydrogen-bond donors (Lipinski definition) is 3.